The fourth-order valence-electron chi connectivity index (χ4n) is 3.34. The number of carbonyl (C=O) groups is 1. The molecule has 1 atom stereocenters. The fourth-order valence-corrected chi connectivity index (χ4v) is 5.29. The second-order valence-electron chi connectivity index (χ2n) is 6.47. The first-order valence-electron chi connectivity index (χ1n) is 8.64. The molecule has 1 aliphatic rings. The molecule has 0 bridgehead atoms. The van der Waals surface area contributed by atoms with Crippen molar-refractivity contribution in [3.63, 3.8) is 0 Å². The normalized spacial score (nSPS) is 14.7. The number of aromatic nitrogens is 1. The molecule has 0 saturated carbocycles. The molecule has 4 nitrogen and oxygen atoms in total. The van der Waals surface area contributed by atoms with Gasteiger partial charge in [0.15, 0.2) is 5.78 Å². The standard InChI is InChI=1S/C20H24N2O2S2/c1-13-9-17(15(3)22(13)14(2)10-24-4)19(23)12-26-20-21-18-8-6-5-7-16(18)11-25-20/h5-9,14H,10-12H2,1-4H3. The summed E-state index contributed by atoms with van der Waals surface area (Å²) in [5, 5.41) is 0. The third-order valence-corrected chi connectivity index (χ3v) is 6.76. The van der Waals surface area contributed by atoms with Gasteiger partial charge in [-0.25, -0.2) is 4.99 Å². The Morgan fingerprint density at radius 1 is 1.38 bits per heavy atom. The van der Waals surface area contributed by atoms with Crippen LogP contribution in [-0.4, -0.2) is 34.2 Å². The molecule has 0 spiro atoms. The molecular weight excluding hydrogens is 364 g/mol. The summed E-state index contributed by atoms with van der Waals surface area (Å²) in [6.45, 7) is 6.80. The Morgan fingerprint density at radius 2 is 2.15 bits per heavy atom. The molecular formula is C20H24N2O2S2. The average Bonchev–Trinajstić information content (AvgIpc) is 2.94. The molecule has 6 heteroatoms. The van der Waals surface area contributed by atoms with Crippen LogP contribution < -0.4 is 0 Å². The van der Waals surface area contributed by atoms with E-state index in [1.54, 1.807) is 18.9 Å². The number of ether oxygens (including phenoxy) is 1. The van der Waals surface area contributed by atoms with Crippen LogP contribution in [-0.2, 0) is 10.5 Å². The molecule has 26 heavy (non-hydrogen) atoms. The molecule has 0 amide bonds. The number of methoxy groups -OCH3 is 1. The lowest BCUT2D eigenvalue weighted by atomic mass is 10.2. The quantitative estimate of drug-likeness (QED) is 0.641. The maximum absolute atomic E-state index is 12.8. The van der Waals surface area contributed by atoms with Gasteiger partial charge in [-0.1, -0.05) is 41.7 Å². The second kappa shape index (κ2) is 8.46. The van der Waals surface area contributed by atoms with Crippen molar-refractivity contribution in [2.24, 2.45) is 4.99 Å². The van der Waals surface area contributed by atoms with Crippen molar-refractivity contribution in [1.82, 2.24) is 4.57 Å². The van der Waals surface area contributed by atoms with Gasteiger partial charge in [0.2, 0.25) is 0 Å². The van der Waals surface area contributed by atoms with E-state index in [4.69, 9.17) is 4.74 Å². The van der Waals surface area contributed by atoms with Gasteiger partial charge in [-0.05, 0) is 38.5 Å². The summed E-state index contributed by atoms with van der Waals surface area (Å²) >= 11 is 3.24. The minimum atomic E-state index is 0.154. The highest BCUT2D eigenvalue weighted by molar-refractivity contribution is 8.38. The number of para-hydroxylation sites is 1. The zero-order valence-electron chi connectivity index (χ0n) is 15.6. The number of hydrogen-bond acceptors (Lipinski definition) is 5. The van der Waals surface area contributed by atoms with Crippen LogP contribution in [0.1, 0.15) is 40.3 Å². The minimum Gasteiger partial charge on any atom is -0.383 e. The maximum atomic E-state index is 12.8. The van der Waals surface area contributed by atoms with Crippen LogP contribution in [0.2, 0.25) is 0 Å². The van der Waals surface area contributed by atoms with Gasteiger partial charge in [-0.2, -0.15) is 0 Å². The molecule has 0 fully saturated rings. The number of rotatable bonds is 6. The molecule has 1 unspecified atom stereocenters. The Balaban J connectivity index is 1.70. The summed E-state index contributed by atoms with van der Waals surface area (Å²) in [5.41, 5.74) is 5.19. The first-order valence-corrected chi connectivity index (χ1v) is 10.6. The van der Waals surface area contributed by atoms with Crippen LogP contribution in [0.4, 0.5) is 5.69 Å². The van der Waals surface area contributed by atoms with E-state index >= 15 is 0 Å². The third-order valence-electron chi connectivity index (χ3n) is 4.51. The number of nitrogens with zero attached hydrogens (tertiary/aromatic N) is 2. The molecule has 0 N–H and O–H groups in total. The lowest BCUT2D eigenvalue weighted by Crippen LogP contribution is -2.15. The first-order chi connectivity index (χ1) is 12.5. The van der Waals surface area contributed by atoms with Gasteiger partial charge in [0.1, 0.15) is 4.38 Å². The zero-order chi connectivity index (χ0) is 18.7. The summed E-state index contributed by atoms with van der Waals surface area (Å²) in [5.74, 6) is 1.48. The Hall–Kier alpha value is -1.50. The van der Waals surface area contributed by atoms with Crippen LogP contribution in [0, 0.1) is 13.8 Å². The highest BCUT2D eigenvalue weighted by Crippen LogP contribution is 2.34. The number of Topliss-reactive ketones (excluding diaryl/α,β-unsaturated/α-hetero) is 1. The fraction of sp³-hybridized carbons (Fsp3) is 0.400. The van der Waals surface area contributed by atoms with E-state index in [9.17, 15) is 4.79 Å². The largest absolute Gasteiger partial charge is 0.383 e. The highest BCUT2D eigenvalue weighted by Gasteiger charge is 2.20. The van der Waals surface area contributed by atoms with E-state index in [1.165, 1.54) is 17.3 Å². The lowest BCUT2D eigenvalue weighted by Gasteiger charge is -2.17. The van der Waals surface area contributed by atoms with Gasteiger partial charge in [0.25, 0.3) is 0 Å². The Kier molecular flexibility index (Phi) is 6.27. The number of aryl methyl sites for hydroxylation is 1. The average molecular weight is 389 g/mol. The van der Waals surface area contributed by atoms with Crippen LogP contribution in [0.5, 0.6) is 0 Å². The molecule has 0 radical (unpaired) electrons. The summed E-state index contributed by atoms with van der Waals surface area (Å²) in [6, 6.07) is 10.4. The summed E-state index contributed by atoms with van der Waals surface area (Å²) in [4.78, 5) is 17.4. The molecule has 0 saturated heterocycles. The van der Waals surface area contributed by atoms with E-state index in [-0.39, 0.29) is 11.8 Å². The molecule has 2 aromatic rings. The molecule has 3 rings (SSSR count). The molecule has 0 aliphatic carbocycles. The molecule has 2 heterocycles. The molecule has 138 valence electrons. The van der Waals surface area contributed by atoms with Crippen molar-refractivity contribution in [3.05, 3.63) is 52.8 Å². The lowest BCUT2D eigenvalue weighted by molar-refractivity contribution is 0.102. The van der Waals surface area contributed by atoms with Crippen LogP contribution in [0.25, 0.3) is 0 Å². The first kappa shape index (κ1) is 19.3. The summed E-state index contributed by atoms with van der Waals surface area (Å²) < 4.78 is 8.42. The molecule has 1 aromatic carbocycles. The van der Waals surface area contributed by atoms with Gasteiger partial charge >= 0.3 is 0 Å². The van der Waals surface area contributed by atoms with Crippen molar-refractivity contribution in [2.45, 2.75) is 32.6 Å². The number of fused-ring (bicyclic) bond motifs is 1. The minimum absolute atomic E-state index is 0.154. The van der Waals surface area contributed by atoms with E-state index in [0.29, 0.717) is 12.4 Å². The highest BCUT2D eigenvalue weighted by atomic mass is 32.2. The number of carbonyl (C=O) groups excluding carboxylic acids is 1. The van der Waals surface area contributed by atoms with Gasteiger partial charge in [-0.15, -0.1) is 0 Å². The van der Waals surface area contributed by atoms with E-state index in [1.807, 2.05) is 38.1 Å². The third kappa shape index (κ3) is 4.08. The number of thioether (sulfide) groups is 2. The molecule has 1 aliphatic heterocycles. The number of benzene rings is 1. The van der Waals surface area contributed by atoms with Crippen molar-refractivity contribution < 1.29 is 9.53 Å². The number of ketones is 1. The van der Waals surface area contributed by atoms with Crippen LogP contribution in [0.15, 0.2) is 35.3 Å². The van der Waals surface area contributed by atoms with Crippen molar-refractivity contribution in [2.75, 3.05) is 19.5 Å². The van der Waals surface area contributed by atoms with Gasteiger partial charge in [0, 0.05) is 29.8 Å². The zero-order valence-corrected chi connectivity index (χ0v) is 17.2. The van der Waals surface area contributed by atoms with Gasteiger partial charge in [-0.3, -0.25) is 4.79 Å². The van der Waals surface area contributed by atoms with Crippen LogP contribution in [0.3, 0.4) is 0 Å². The van der Waals surface area contributed by atoms with Gasteiger partial charge in [0.05, 0.1) is 24.1 Å². The summed E-state index contributed by atoms with van der Waals surface area (Å²) in [6.07, 6.45) is 0. The second-order valence-corrected chi connectivity index (χ2v) is 8.65. The Bertz CT molecular complexity index is 842. The van der Waals surface area contributed by atoms with Crippen molar-refractivity contribution >= 4 is 39.4 Å². The van der Waals surface area contributed by atoms with E-state index < -0.39 is 0 Å². The predicted molar refractivity (Wildman–Crippen MR) is 112 cm³/mol. The Labute approximate surface area is 163 Å². The number of aliphatic imine (C=N–C) groups is 1. The monoisotopic (exact) mass is 388 g/mol. The number of hydrogen-bond donors (Lipinski definition) is 0. The van der Waals surface area contributed by atoms with Crippen molar-refractivity contribution in [1.29, 1.82) is 0 Å². The molecule has 1 aromatic heterocycles. The summed E-state index contributed by atoms with van der Waals surface area (Å²) in [7, 11) is 1.70. The van der Waals surface area contributed by atoms with E-state index in [0.717, 1.165) is 32.8 Å². The van der Waals surface area contributed by atoms with Crippen molar-refractivity contribution in [3.8, 4) is 0 Å². The van der Waals surface area contributed by atoms with Gasteiger partial charge < -0.3 is 9.30 Å². The van der Waals surface area contributed by atoms with Crippen LogP contribution >= 0.6 is 23.5 Å². The Morgan fingerprint density at radius 3 is 2.92 bits per heavy atom. The predicted octanol–water partition coefficient (Wildman–Crippen LogP) is 5.16. The maximum Gasteiger partial charge on any atom is 0.174 e. The SMILES string of the molecule is COCC(C)n1c(C)cc(C(=O)CSC2=Nc3ccccc3CS2)c1C. The topological polar surface area (TPSA) is 43.6 Å². The van der Waals surface area contributed by atoms with E-state index in [2.05, 4.69) is 22.5 Å². The smallest absolute Gasteiger partial charge is 0.174 e.